The van der Waals surface area contributed by atoms with Gasteiger partial charge in [0.1, 0.15) is 0 Å². The highest BCUT2D eigenvalue weighted by Gasteiger charge is 2.33. The summed E-state index contributed by atoms with van der Waals surface area (Å²) in [4.78, 5) is 2.45. The summed E-state index contributed by atoms with van der Waals surface area (Å²) in [6.07, 6.45) is 6.61. The minimum Gasteiger partial charge on any atom is -0.396 e. The van der Waals surface area contributed by atoms with Crippen LogP contribution in [0.2, 0.25) is 0 Å². The van der Waals surface area contributed by atoms with E-state index in [4.69, 9.17) is 5.11 Å². The Bertz CT molecular complexity index is 198. The van der Waals surface area contributed by atoms with Crippen molar-refractivity contribution in [3.8, 4) is 0 Å². The largest absolute Gasteiger partial charge is 0.396 e. The van der Waals surface area contributed by atoms with Gasteiger partial charge in [-0.2, -0.15) is 0 Å². The van der Waals surface area contributed by atoms with E-state index in [1.54, 1.807) is 0 Å². The zero-order valence-corrected chi connectivity index (χ0v) is 9.44. The minimum atomic E-state index is -0.105. The van der Waals surface area contributed by atoms with Crippen LogP contribution in [0.4, 0.5) is 0 Å². The molecule has 2 N–H and O–H groups in total. The second-order valence-corrected chi connectivity index (χ2v) is 5.08. The maximum atomic E-state index is 9.95. The number of nitrogens with zero attached hydrogens (tertiary/aromatic N) is 1. The summed E-state index contributed by atoms with van der Waals surface area (Å²) in [5.74, 6) is 0.657. The fraction of sp³-hybridized carbons (Fsp3) is 1.00. The van der Waals surface area contributed by atoms with Gasteiger partial charge in [-0.3, -0.25) is 4.90 Å². The van der Waals surface area contributed by atoms with Crippen molar-refractivity contribution in [1.29, 1.82) is 0 Å². The van der Waals surface area contributed by atoms with Gasteiger partial charge in [-0.1, -0.05) is 12.8 Å². The van der Waals surface area contributed by atoms with Crippen LogP contribution >= 0.6 is 0 Å². The van der Waals surface area contributed by atoms with Crippen LogP contribution in [-0.4, -0.2) is 47.0 Å². The third-order valence-corrected chi connectivity index (χ3v) is 4.02. The van der Waals surface area contributed by atoms with Crippen LogP contribution in [0.5, 0.6) is 0 Å². The highest BCUT2D eigenvalue weighted by molar-refractivity contribution is 4.87. The summed E-state index contributed by atoms with van der Waals surface area (Å²) in [6.45, 7) is 2.51. The quantitative estimate of drug-likeness (QED) is 0.735. The van der Waals surface area contributed by atoms with E-state index in [0.29, 0.717) is 18.6 Å². The van der Waals surface area contributed by atoms with Gasteiger partial charge in [-0.25, -0.2) is 0 Å². The summed E-state index contributed by atoms with van der Waals surface area (Å²) in [7, 11) is 0. The fourth-order valence-corrected chi connectivity index (χ4v) is 3.10. The first-order valence-corrected chi connectivity index (χ1v) is 6.34. The van der Waals surface area contributed by atoms with Crippen LogP contribution in [0, 0.1) is 5.92 Å². The van der Waals surface area contributed by atoms with E-state index in [0.717, 1.165) is 32.4 Å². The molecule has 1 aliphatic heterocycles. The fourth-order valence-electron chi connectivity index (χ4n) is 3.10. The molecule has 1 heterocycles. The molecule has 3 heteroatoms. The summed E-state index contributed by atoms with van der Waals surface area (Å²) < 4.78 is 0. The molecular formula is C12H23NO2. The maximum Gasteiger partial charge on any atom is 0.0695 e. The first-order valence-electron chi connectivity index (χ1n) is 6.34. The maximum absolute atomic E-state index is 9.95. The summed E-state index contributed by atoms with van der Waals surface area (Å²) in [5.41, 5.74) is 0. The molecule has 0 spiro atoms. The Hall–Kier alpha value is -0.120. The van der Waals surface area contributed by atoms with Crippen molar-refractivity contribution in [2.75, 3.05) is 19.7 Å². The standard InChI is InChI=1S/C12H23NO2/c14-8-6-10-5-7-13(9-10)11-3-1-2-4-12(11)15/h10-12,14-15H,1-9H2/t10?,11-,12-/m1/s1. The number of aliphatic hydroxyl groups is 2. The van der Waals surface area contributed by atoms with E-state index in [2.05, 4.69) is 4.90 Å². The van der Waals surface area contributed by atoms with E-state index >= 15 is 0 Å². The molecule has 0 radical (unpaired) electrons. The smallest absolute Gasteiger partial charge is 0.0695 e. The van der Waals surface area contributed by atoms with Gasteiger partial charge >= 0.3 is 0 Å². The highest BCUT2D eigenvalue weighted by atomic mass is 16.3. The molecular weight excluding hydrogens is 190 g/mol. The van der Waals surface area contributed by atoms with Gasteiger partial charge in [-0.15, -0.1) is 0 Å². The summed E-state index contributed by atoms with van der Waals surface area (Å²) in [6, 6.07) is 0.405. The summed E-state index contributed by atoms with van der Waals surface area (Å²) >= 11 is 0. The molecule has 15 heavy (non-hydrogen) atoms. The molecule has 0 aromatic heterocycles. The number of aliphatic hydroxyl groups excluding tert-OH is 2. The van der Waals surface area contributed by atoms with Crippen molar-refractivity contribution in [3.63, 3.8) is 0 Å². The Balaban J connectivity index is 1.83. The number of hydrogen-bond donors (Lipinski definition) is 2. The van der Waals surface area contributed by atoms with E-state index in [1.807, 2.05) is 0 Å². The predicted octanol–water partition coefficient (Wildman–Crippen LogP) is 0.994. The Morgan fingerprint density at radius 3 is 2.67 bits per heavy atom. The monoisotopic (exact) mass is 213 g/mol. The highest BCUT2D eigenvalue weighted by Crippen LogP contribution is 2.28. The van der Waals surface area contributed by atoms with Gasteiger partial charge in [0.25, 0.3) is 0 Å². The van der Waals surface area contributed by atoms with Crippen molar-refractivity contribution in [1.82, 2.24) is 4.90 Å². The average Bonchev–Trinajstić information content (AvgIpc) is 2.68. The van der Waals surface area contributed by atoms with Crippen LogP contribution < -0.4 is 0 Å². The van der Waals surface area contributed by atoms with Crippen molar-refractivity contribution < 1.29 is 10.2 Å². The van der Waals surface area contributed by atoms with Crippen LogP contribution in [0.1, 0.15) is 38.5 Å². The zero-order chi connectivity index (χ0) is 10.7. The Labute approximate surface area is 92.1 Å². The molecule has 1 saturated heterocycles. The molecule has 3 nitrogen and oxygen atoms in total. The van der Waals surface area contributed by atoms with Gasteiger partial charge in [-0.05, 0) is 38.1 Å². The van der Waals surface area contributed by atoms with Gasteiger partial charge in [0.15, 0.2) is 0 Å². The van der Waals surface area contributed by atoms with E-state index in [9.17, 15) is 5.11 Å². The molecule has 2 rings (SSSR count). The Morgan fingerprint density at radius 2 is 1.93 bits per heavy atom. The van der Waals surface area contributed by atoms with Gasteiger partial charge < -0.3 is 10.2 Å². The second-order valence-electron chi connectivity index (χ2n) is 5.08. The van der Waals surface area contributed by atoms with Crippen molar-refractivity contribution in [2.24, 2.45) is 5.92 Å². The first-order chi connectivity index (χ1) is 7.31. The molecule has 1 saturated carbocycles. The van der Waals surface area contributed by atoms with Crippen molar-refractivity contribution in [3.05, 3.63) is 0 Å². The van der Waals surface area contributed by atoms with E-state index in [1.165, 1.54) is 19.3 Å². The zero-order valence-electron chi connectivity index (χ0n) is 9.44. The third-order valence-electron chi connectivity index (χ3n) is 4.02. The van der Waals surface area contributed by atoms with Crippen LogP contribution in [0.15, 0.2) is 0 Å². The lowest BCUT2D eigenvalue weighted by Crippen LogP contribution is -2.44. The number of rotatable bonds is 3. The topological polar surface area (TPSA) is 43.7 Å². The lowest BCUT2D eigenvalue weighted by Gasteiger charge is -2.35. The lowest BCUT2D eigenvalue weighted by molar-refractivity contribution is 0.0290. The van der Waals surface area contributed by atoms with Gasteiger partial charge in [0.05, 0.1) is 6.10 Å². The Kier molecular flexibility index (Phi) is 4.00. The normalized spacial score (nSPS) is 38.4. The average molecular weight is 213 g/mol. The number of likely N-dealkylation sites (tertiary alicyclic amines) is 1. The Morgan fingerprint density at radius 1 is 1.13 bits per heavy atom. The molecule has 2 aliphatic rings. The lowest BCUT2D eigenvalue weighted by atomic mass is 9.91. The van der Waals surface area contributed by atoms with E-state index in [-0.39, 0.29) is 6.10 Å². The third kappa shape index (κ3) is 2.71. The molecule has 3 atom stereocenters. The van der Waals surface area contributed by atoms with Gasteiger partial charge in [0.2, 0.25) is 0 Å². The molecule has 2 fully saturated rings. The molecule has 1 aliphatic carbocycles. The van der Waals surface area contributed by atoms with E-state index < -0.39 is 0 Å². The van der Waals surface area contributed by atoms with Crippen LogP contribution in [-0.2, 0) is 0 Å². The second kappa shape index (κ2) is 5.28. The number of hydrogen-bond acceptors (Lipinski definition) is 3. The SMILES string of the molecule is OCCC1CCN([C@@H]2CCCC[C@H]2O)C1. The molecule has 0 aromatic carbocycles. The first kappa shape index (κ1) is 11.4. The molecule has 0 bridgehead atoms. The van der Waals surface area contributed by atoms with Crippen molar-refractivity contribution in [2.45, 2.75) is 50.7 Å². The molecule has 88 valence electrons. The van der Waals surface area contributed by atoms with Crippen LogP contribution in [0.3, 0.4) is 0 Å². The molecule has 0 aromatic rings. The molecule has 0 amide bonds. The molecule has 1 unspecified atom stereocenters. The van der Waals surface area contributed by atoms with Crippen molar-refractivity contribution >= 4 is 0 Å². The van der Waals surface area contributed by atoms with Crippen LogP contribution in [0.25, 0.3) is 0 Å². The predicted molar refractivity (Wildman–Crippen MR) is 59.6 cm³/mol. The summed E-state index contributed by atoms with van der Waals surface area (Å²) in [5, 5.41) is 18.9. The van der Waals surface area contributed by atoms with Gasteiger partial charge in [0, 0.05) is 19.2 Å². The minimum absolute atomic E-state index is 0.105.